The van der Waals surface area contributed by atoms with E-state index in [2.05, 4.69) is 80.7 Å². The van der Waals surface area contributed by atoms with E-state index >= 15 is 0 Å². The first-order valence-electron chi connectivity index (χ1n) is 12.4. The van der Waals surface area contributed by atoms with E-state index < -0.39 is 0 Å². The van der Waals surface area contributed by atoms with E-state index in [4.69, 9.17) is 15.8 Å². The van der Waals surface area contributed by atoms with Crippen LogP contribution in [0.25, 0.3) is 27.9 Å². The molecule has 0 radical (unpaired) electrons. The number of rotatable bonds is 5. The molecule has 1 saturated heterocycles. The third-order valence-corrected chi connectivity index (χ3v) is 7.29. The van der Waals surface area contributed by atoms with Crippen LogP contribution in [-0.4, -0.2) is 72.2 Å². The zero-order chi connectivity index (χ0) is 24.8. The van der Waals surface area contributed by atoms with Crippen molar-refractivity contribution in [3.63, 3.8) is 0 Å². The van der Waals surface area contributed by atoms with Gasteiger partial charge >= 0.3 is 0 Å². The van der Waals surface area contributed by atoms with Crippen LogP contribution in [0.1, 0.15) is 29.8 Å². The molecule has 9 heteroatoms. The largest absolute Gasteiger partial charge is 0.383 e. The Balaban J connectivity index is 1.44. The Hall–Kier alpha value is -3.82. The van der Waals surface area contributed by atoms with Crippen molar-refractivity contribution in [3.05, 3.63) is 71.9 Å². The number of nitrogens with two attached hydrogens (primary N) is 1. The second-order valence-electron chi connectivity index (χ2n) is 9.74. The summed E-state index contributed by atoms with van der Waals surface area (Å²) in [6.07, 6.45) is 5.53. The van der Waals surface area contributed by atoms with Gasteiger partial charge in [-0.15, -0.1) is 0 Å². The number of piperazine rings is 1. The van der Waals surface area contributed by atoms with Gasteiger partial charge in [0, 0.05) is 56.2 Å². The highest BCUT2D eigenvalue weighted by Gasteiger charge is 2.24. The van der Waals surface area contributed by atoms with Crippen LogP contribution in [0.2, 0.25) is 0 Å². The first-order chi connectivity index (χ1) is 17.5. The molecule has 0 bridgehead atoms. The van der Waals surface area contributed by atoms with E-state index in [1.165, 1.54) is 11.9 Å². The smallest absolute Gasteiger partial charge is 0.164 e. The Morgan fingerprint density at radius 2 is 1.86 bits per heavy atom. The summed E-state index contributed by atoms with van der Waals surface area (Å²) in [5.41, 5.74) is 13.3. The number of nitrogen functional groups attached to an aromatic ring is 1. The number of aromatic nitrogens is 6. The molecule has 0 aromatic carbocycles. The molecule has 0 amide bonds. The SMILES string of the molecule is Cc1nn(C(C)c2cc3ccccn3c2-c2cc(CN3CCN(C)CC3)ccn2)c2ncnc(N)c12. The van der Waals surface area contributed by atoms with Gasteiger partial charge < -0.3 is 15.0 Å². The molecule has 1 unspecified atom stereocenters. The molecule has 1 aliphatic heterocycles. The average Bonchev–Trinajstić information content (AvgIpc) is 3.44. The standard InChI is InChI=1S/C27H31N9/c1-18-24-26(28)30-17-31-27(24)36(32-18)19(2)22-15-21-6-4-5-9-35(21)25(22)23-14-20(7-8-29-23)16-34-12-10-33(3)11-13-34/h4-9,14-15,17,19H,10-13,16H2,1-3H3,(H2,28,30,31). The number of fused-ring (bicyclic) bond motifs is 2. The molecule has 36 heavy (non-hydrogen) atoms. The highest BCUT2D eigenvalue weighted by Crippen LogP contribution is 2.35. The first-order valence-corrected chi connectivity index (χ1v) is 12.4. The third kappa shape index (κ3) is 3.90. The van der Waals surface area contributed by atoms with Crippen LogP contribution in [-0.2, 0) is 6.54 Å². The van der Waals surface area contributed by atoms with Crippen molar-refractivity contribution in [2.75, 3.05) is 39.0 Å². The molecule has 0 saturated carbocycles. The van der Waals surface area contributed by atoms with E-state index in [1.807, 2.05) is 17.8 Å². The first kappa shape index (κ1) is 22.6. The number of likely N-dealkylation sites (N-methyl/N-ethyl adjacent to an activating group) is 1. The van der Waals surface area contributed by atoms with Crippen LogP contribution < -0.4 is 5.73 Å². The van der Waals surface area contributed by atoms with Crippen LogP contribution in [0.15, 0.2) is 55.1 Å². The van der Waals surface area contributed by atoms with E-state index in [-0.39, 0.29) is 6.04 Å². The Bertz CT molecular complexity index is 1540. The lowest BCUT2D eigenvalue weighted by molar-refractivity contribution is 0.148. The fourth-order valence-electron chi connectivity index (χ4n) is 5.27. The van der Waals surface area contributed by atoms with Gasteiger partial charge in [-0.1, -0.05) is 6.07 Å². The van der Waals surface area contributed by atoms with Gasteiger partial charge in [-0.3, -0.25) is 9.88 Å². The lowest BCUT2D eigenvalue weighted by Crippen LogP contribution is -2.43. The molecule has 6 rings (SSSR count). The van der Waals surface area contributed by atoms with Gasteiger partial charge in [0.1, 0.15) is 12.1 Å². The van der Waals surface area contributed by atoms with Crippen molar-refractivity contribution in [2.24, 2.45) is 0 Å². The fourth-order valence-corrected chi connectivity index (χ4v) is 5.27. The second kappa shape index (κ2) is 9.00. The molecular formula is C27H31N9. The Morgan fingerprint density at radius 1 is 1.03 bits per heavy atom. The van der Waals surface area contributed by atoms with Gasteiger partial charge in [0.15, 0.2) is 5.65 Å². The molecule has 2 N–H and O–H groups in total. The van der Waals surface area contributed by atoms with Crippen molar-refractivity contribution in [3.8, 4) is 11.4 Å². The molecule has 9 nitrogen and oxygen atoms in total. The monoisotopic (exact) mass is 481 g/mol. The zero-order valence-electron chi connectivity index (χ0n) is 21.0. The van der Waals surface area contributed by atoms with Gasteiger partial charge in [-0.2, -0.15) is 5.10 Å². The van der Waals surface area contributed by atoms with Crippen molar-refractivity contribution < 1.29 is 0 Å². The molecule has 6 heterocycles. The molecule has 1 aliphatic rings. The number of hydrogen-bond donors (Lipinski definition) is 1. The highest BCUT2D eigenvalue weighted by atomic mass is 15.3. The van der Waals surface area contributed by atoms with Crippen molar-refractivity contribution in [2.45, 2.75) is 26.4 Å². The quantitative estimate of drug-likeness (QED) is 0.411. The number of aryl methyl sites for hydroxylation is 1. The van der Waals surface area contributed by atoms with E-state index in [1.54, 1.807) is 0 Å². The van der Waals surface area contributed by atoms with Crippen molar-refractivity contribution >= 4 is 22.4 Å². The van der Waals surface area contributed by atoms with Crippen LogP contribution in [0.3, 0.4) is 0 Å². The minimum Gasteiger partial charge on any atom is -0.383 e. The Morgan fingerprint density at radius 3 is 2.69 bits per heavy atom. The molecular weight excluding hydrogens is 450 g/mol. The Kier molecular flexibility index (Phi) is 5.66. The average molecular weight is 482 g/mol. The summed E-state index contributed by atoms with van der Waals surface area (Å²) in [6, 6.07) is 12.7. The van der Waals surface area contributed by atoms with Crippen LogP contribution in [0.5, 0.6) is 0 Å². The summed E-state index contributed by atoms with van der Waals surface area (Å²) in [5, 5.41) is 5.63. The predicted molar refractivity (Wildman–Crippen MR) is 142 cm³/mol. The normalized spacial score (nSPS) is 16.2. The number of anilines is 1. The summed E-state index contributed by atoms with van der Waals surface area (Å²) < 4.78 is 4.17. The number of nitrogens with zero attached hydrogens (tertiary/aromatic N) is 8. The van der Waals surface area contributed by atoms with Gasteiger partial charge in [0.05, 0.1) is 28.5 Å². The lowest BCUT2D eigenvalue weighted by Gasteiger charge is -2.32. The minimum atomic E-state index is -0.0894. The second-order valence-corrected chi connectivity index (χ2v) is 9.74. The highest BCUT2D eigenvalue weighted by molar-refractivity contribution is 5.88. The number of pyridine rings is 2. The summed E-state index contributed by atoms with van der Waals surface area (Å²) in [4.78, 5) is 18.4. The molecule has 0 aliphatic carbocycles. The molecule has 1 fully saturated rings. The van der Waals surface area contributed by atoms with Gasteiger partial charge in [-0.25, -0.2) is 14.6 Å². The zero-order valence-corrected chi connectivity index (χ0v) is 21.0. The topological polar surface area (TPSA) is 93.4 Å². The summed E-state index contributed by atoms with van der Waals surface area (Å²) in [6.45, 7) is 9.41. The van der Waals surface area contributed by atoms with E-state index in [9.17, 15) is 0 Å². The van der Waals surface area contributed by atoms with Crippen molar-refractivity contribution in [1.29, 1.82) is 0 Å². The van der Waals surface area contributed by atoms with Crippen molar-refractivity contribution in [1.82, 2.24) is 38.9 Å². The van der Waals surface area contributed by atoms with Crippen LogP contribution in [0, 0.1) is 6.92 Å². The molecule has 5 aromatic heterocycles. The maximum absolute atomic E-state index is 6.17. The molecule has 1 atom stereocenters. The predicted octanol–water partition coefficient (Wildman–Crippen LogP) is 3.39. The fraction of sp³-hybridized carbons (Fsp3) is 0.333. The van der Waals surface area contributed by atoms with Gasteiger partial charge in [0.2, 0.25) is 0 Å². The maximum atomic E-state index is 6.17. The summed E-state index contributed by atoms with van der Waals surface area (Å²) in [7, 11) is 2.19. The molecule has 0 spiro atoms. The molecule has 5 aromatic rings. The van der Waals surface area contributed by atoms with Crippen LogP contribution >= 0.6 is 0 Å². The summed E-state index contributed by atoms with van der Waals surface area (Å²) >= 11 is 0. The van der Waals surface area contributed by atoms with Crippen LogP contribution in [0.4, 0.5) is 5.82 Å². The van der Waals surface area contributed by atoms with Gasteiger partial charge in [0.25, 0.3) is 0 Å². The lowest BCUT2D eigenvalue weighted by atomic mass is 10.0. The third-order valence-electron chi connectivity index (χ3n) is 7.29. The van der Waals surface area contributed by atoms with Gasteiger partial charge in [-0.05, 0) is 56.8 Å². The van der Waals surface area contributed by atoms with E-state index in [0.717, 1.165) is 71.9 Å². The van der Waals surface area contributed by atoms with E-state index in [0.29, 0.717) is 5.82 Å². The molecule has 184 valence electrons. The maximum Gasteiger partial charge on any atom is 0.164 e. The summed E-state index contributed by atoms with van der Waals surface area (Å²) in [5.74, 6) is 0.455. The number of hydrogen-bond acceptors (Lipinski definition) is 7. The Labute approximate surface area is 210 Å². The minimum absolute atomic E-state index is 0.0894.